The molecule has 0 radical (unpaired) electrons. The molecule has 3 rings (SSSR count). The Morgan fingerprint density at radius 2 is 1.89 bits per heavy atom. The van der Waals surface area contributed by atoms with Crippen molar-refractivity contribution in [3.05, 3.63) is 59.7 Å². The monoisotopic (exact) mass is 369 g/mol. The van der Waals surface area contributed by atoms with Gasteiger partial charge in [0.25, 0.3) is 0 Å². The summed E-state index contributed by atoms with van der Waals surface area (Å²) in [6.45, 7) is 1.27. The number of aryl methyl sites for hydroxylation is 1. The second-order valence-electron chi connectivity index (χ2n) is 6.60. The highest BCUT2D eigenvalue weighted by Gasteiger charge is 2.33. The van der Waals surface area contributed by atoms with Gasteiger partial charge in [-0.15, -0.1) is 0 Å². The topological polar surface area (TPSA) is 71.6 Å². The maximum Gasteiger partial charge on any atom is 0.226 e. The molecule has 0 saturated carbocycles. The van der Waals surface area contributed by atoms with E-state index in [4.69, 9.17) is 9.47 Å². The van der Waals surface area contributed by atoms with Crippen LogP contribution in [-0.2, 0) is 11.2 Å². The smallest absolute Gasteiger partial charge is 0.226 e. The van der Waals surface area contributed by atoms with Crippen molar-refractivity contribution in [2.24, 2.45) is 5.92 Å². The molecule has 1 heterocycles. The van der Waals surface area contributed by atoms with Crippen LogP contribution >= 0.6 is 0 Å². The molecular weight excluding hydrogens is 342 g/mol. The molecule has 27 heavy (non-hydrogen) atoms. The number of hydrogen-bond acceptors (Lipinski definition) is 5. The predicted molar refractivity (Wildman–Crippen MR) is 105 cm³/mol. The second-order valence-corrected chi connectivity index (χ2v) is 6.60. The van der Waals surface area contributed by atoms with E-state index in [9.17, 15) is 4.79 Å². The van der Waals surface area contributed by atoms with Crippen molar-refractivity contribution in [2.75, 3.05) is 27.3 Å². The first-order chi connectivity index (χ1) is 13.2. The highest BCUT2D eigenvalue weighted by atomic mass is 16.5. The summed E-state index contributed by atoms with van der Waals surface area (Å²) in [6, 6.07) is 16.0. The molecule has 1 saturated heterocycles. The lowest BCUT2D eigenvalue weighted by atomic mass is 9.94. The second kappa shape index (κ2) is 9.39. The van der Waals surface area contributed by atoms with Gasteiger partial charge in [0.2, 0.25) is 5.91 Å². The van der Waals surface area contributed by atoms with E-state index in [1.807, 2.05) is 48.5 Å². The number of ether oxygens (including phenoxy) is 2. The summed E-state index contributed by atoms with van der Waals surface area (Å²) >= 11 is 0. The number of rotatable bonds is 8. The number of carbonyl (C=O) groups is 1. The number of hydrogen-bond donors (Lipinski definition) is 3. The van der Waals surface area contributed by atoms with Gasteiger partial charge in [-0.2, -0.15) is 0 Å². The Morgan fingerprint density at radius 1 is 1.11 bits per heavy atom. The van der Waals surface area contributed by atoms with Crippen molar-refractivity contribution in [2.45, 2.75) is 18.9 Å². The molecule has 1 aliphatic heterocycles. The molecule has 0 bridgehead atoms. The summed E-state index contributed by atoms with van der Waals surface area (Å²) in [5.41, 5.74) is 8.59. The minimum atomic E-state index is -0.117. The number of carbonyl (C=O) groups excluding carboxylic acids is 1. The molecule has 6 nitrogen and oxygen atoms in total. The third-order valence-electron chi connectivity index (χ3n) is 4.87. The van der Waals surface area contributed by atoms with Crippen molar-refractivity contribution in [1.82, 2.24) is 16.2 Å². The van der Waals surface area contributed by atoms with Crippen molar-refractivity contribution in [3.63, 3.8) is 0 Å². The lowest BCUT2D eigenvalue weighted by Gasteiger charge is -2.18. The van der Waals surface area contributed by atoms with Gasteiger partial charge in [0.05, 0.1) is 26.2 Å². The Kier molecular flexibility index (Phi) is 6.68. The lowest BCUT2D eigenvalue weighted by Crippen LogP contribution is -2.35. The summed E-state index contributed by atoms with van der Waals surface area (Å²) in [7, 11) is 3.26. The van der Waals surface area contributed by atoms with Gasteiger partial charge >= 0.3 is 0 Å². The van der Waals surface area contributed by atoms with Crippen LogP contribution in [0.25, 0.3) is 0 Å². The molecule has 2 aromatic carbocycles. The zero-order valence-electron chi connectivity index (χ0n) is 15.8. The van der Waals surface area contributed by atoms with E-state index in [-0.39, 0.29) is 17.9 Å². The van der Waals surface area contributed by atoms with E-state index < -0.39 is 0 Å². The normalized spacial score (nSPS) is 18.9. The zero-order valence-corrected chi connectivity index (χ0v) is 15.8. The quantitative estimate of drug-likeness (QED) is 0.623. The molecule has 2 atom stereocenters. The predicted octanol–water partition coefficient (Wildman–Crippen LogP) is 2.22. The first kappa shape index (κ1) is 19.2. The molecule has 144 valence electrons. The first-order valence-electron chi connectivity index (χ1n) is 9.25. The molecule has 0 spiro atoms. The van der Waals surface area contributed by atoms with Crippen molar-refractivity contribution >= 4 is 5.91 Å². The van der Waals surface area contributed by atoms with Crippen molar-refractivity contribution in [3.8, 4) is 11.5 Å². The maximum atomic E-state index is 12.6. The van der Waals surface area contributed by atoms with Gasteiger partial charge in [0.1, 0.15) is 0 Å². The fourth-order valence-corrected chi connectivity index (χ4v) is 3.39. The maximum absolute atomic E-state index is 12.6. The van der Waals surface area contributed by atoms with Gasteiger partial charge in [-0.1, -0.05) is 36.4 Å². The summed E-state index contributed by atoms with van der Waals surface area (Å²) in [5.74, 6) is 1.41. The van der Waals surface area contributed by atoms with Gasteiger partial charge < -0.3 is 14.8 Å². The third-order valence-corrected chi connectivity index (χ3v) is 4.87. The highest BCUT2D eigenvalue weighted by Crippen LogP contribution is 2.28. The van der Waals surface area contributed by atoms with E-state index >= 15 is 0 Å². The van der Waals surface area contributed by atoms with Crippen LogP contribution in [0.5, 0.6) is 11.5 Å². The summed E-state index contributed by atoms with van der Waals surface area (Å²) in [5, 5.41) is 3.07. The van der Waals surface area contributed by atoms with Crippen LogP contribution < -0.4 is 25.6 Å². The van der Waals surface area contributed by atoms with Crippen molar-refractivity contribution in [1.29, 1.82) is 0 Å². The Balaban J connectivity index is 1.48. The molecule has 0 aromatic heterocycles. The zero-order chi connectivity index (χ0) is 19.1. The summed E-state index contributed by atoms with van der Waals surface area (Å²) in [4.78, 5) is 12.6. The minimum Gasteiger partial charge on any atom is -0.493 e. The van der Waals surface area contributed by atoms with E-state index in [0.717, 1.165) is 35.5 Å². The number of methoxy groups -OCH3 is 2. The van der Waals surface area contributed by atoms with E-state index in [1.54, 1.807) is 14.2 Å². The Morgan fingerprint density at radius 3 is 2.63 bits per heavy atom. The SMILES string of the molecule is COc1ccc(CCCNC(=O)C2CNNC2c2ccccc2)cc1OC. The minimum absolute atomic E-state index is 0.00273. The molecule has 1 amide bonds. The van der Waals surface area contributed by atoms with Gasteiger partial charge in [0, 0.05) is 13.1 Å². The van der Waals surface area contributed by atoms with E-state index in [0.29, 0.717) is 13.1 Å². The van der Waals surface area contributed by atoms with Crippen LogP contribution in [0.2, 0.25) is 0 Å². The standard InChI is InChI=1S/C21H27N3O3/c1-26-18-11-10-15(13-19(18)27-2)7-6-12-22-21(25)17-14-23-24-20(17)16-8-4-3-5-9-16/h3-5,8-11,13,17,20,23-24H,6-7,12,14H2,1-2H3,(H,22,25). The fraction of sp³-hybridized carbons (Fsp3) is 0.381. The van der Waals surface area contributed by atoms with E-state index in [1.165, 1.54) is 0 Å². The highest BCUT2D eigenvalue weighted by molar-refractivity contribution is 5.80. The van der Waals surface area contributed by atoms with Crippen LogP contribution in [0.15, 0.2) is 48.5 Å². The van der Waals surface area contributed by atoms with Crippen LogP contribution in [-0.4, -0.2) is 33.2 Å². The van der Waals surface area contributed by atoms with Gasteiger partial charge in [-0.05, 0) is 36.1 Å². The Labute approximate surface area is 160 Å². The van der Waals surface area contributed by atoms with Gasteiger partial charge in [0.15, 0.2) is 11.5 Å². The fourth-order valence-electron chi connectivity index (χ4n) is 3.39. The average Bonchev–Trinajstić information content (AvgIpc) is 3.21. The van der Waals surface area contributed by atoms with Crippen LogP contribution in [0.3, 0.4) is 0 Å². The molecule has 0 aliphatic carbocycles. The van der Waals surface area contributed by atoms with Crippen LogP contribution in [0.4, 0.5) is 0 Å². The lowest BCUT2D eigenvalue weighted by molar-refractivity contribution is -0.124. The van der Waals surface area contributed by atoms with E-state index in [2.05, 4.69) is 16.2 Å². The largest absolute Gasteiger partial charge is 0.493 e. The molecule has 2 unspecified atom stereocenters. The molecular formula is C21H27N3O3. The molecule has 1 fully saturated rings. The van der Waals surface area contributed by atoms with Gasteiger partial charge in [-0.25, -0.2) is 5.43 Å². The molecule has 6 heteroatoms. The number of nitrogens with one attached hydrogen (secondary N) is 3. The van der Waals surface area contributed by atoms with Crippen LogP contribution in [0.1, 0.15) is 23.6 Å². The summed E-state index contributed by atoms with van der Waals surface area (Å²) < 4.78 is 10.6. The summed E-state index contributed by atoms with van der Waals surface area (Å²) in [6.07, 6.45) is 1.73. The molecule has 3 N–H and O–H groups in total. The average molecular weight is 369 g/mol. The number of amides is 1. The Bertz CT molecular complexity index is 752. The molecule has 2 aromatic rings. The van der Waals surface area contributed by atoms with Crippen LogP contribution in [0, 0.1) is 5.92 Å². The number of benzene rings is 2. The molecule has 1 aliphatic rings. The third kappa shape index (κ3) is 4.78. The Hall–Kier alpha value is -2.57. The van der Waals surface area contributed by atoms with Crippen molar-refractivity contribution < 1.29 is 14.3 Å². The van der Waals surface area contributed by atoms with Gasteiger partial charge in [-0.3, -0.25) is 10.2 Å². The first-order valence-corrected chi connectivity index (χ1v) is 9.25. The number of hydrazine groups is 1.